The molecule has 5 rings (SSSR count). The van der Waals surface area contributed by atoms with E-state index in [9.17, 15) is 9.90 Å². The molecule has 2 saturated carbocycles. The summed E-state index contributed by atoms with van der Waals surface area (Å²) >= 11 is 0. The lowest BCUT2D eigenvalue weighted by atomic mass is 9.78. The van der Waals surface area contributed by atoms with Gasteiger partial charge in [-0.3, -0.25) is 0 Å². The molecule has 0 bridgehead atoms. The van der Waals surface area contributed by atoms with Crippen molar-refractivity contribution in [1.29, 1.82) is 0 Å². The van der Waals surface area contributed by atoms with Crippen molar-refractivity contribution < 1.29 is 19.4 Å². The van der Waals surface area contributed by atoms with Gasteiger partial charge >= 0.3 is 5.97 Å². The number of hydrogen-bond donors (Lipinski definition) is 1. The highest BCUT2D eigenvalue weighted by atomic mass is 16.5. The highest BCUT2D eigenvalue weighted by Gasteiger charge is 2.43. The lowest BCUT2D eigenvalue weighted by molar-refractivity contribution is -0.0231. The standard InChI is InChI=1S/C23H27N3O4/c1-29-23(28)15-3-2-4-18(7-15)30-21-9-17-12-26(11-16(17)8-20(21)27)22-10-19(14-5-6-14)24-13-25-22/h2-4,7,10,13-14,16-17,20-21,27H,5-6,8-9,11-12H2,1H3/t16-,17+,20+,21+/m0/s1. The number of ether oxygens (including phenoxy) is 2. The van der Waals surface area contributed by atoms with Gasteiger partial charge in [-0.2, -0.15) is 0 Å². The van der Waals surface area contributed by atoms with Gasteiger partial charge in [0.1, 0.15) is 24.0 Å². The van der Waals surface area contributed by atoms with E-state index < -0.39 is 12.1 Å². The zero-order valence-electron chi connectivity index (χ0n) is 17.1. The molecule has 1 aliphatic heterocycles. The molecule has 158 valence electrons. The van der Waals surface area contributed by atoms with Gasteiger partial charge in [-0.1, -0.05) is 6.07 Å². The number of rotatable bonds is 5. The van der Waals surface area contributed by atoms with Crippen LogP contribution < -0.4 is 9.64 Å². The number of benzene rings is 1. The molecule has 1 saturated heterocycles. The van der Waals surface area contributed by atoms with Crippen molar-refractivity contribution >= 4 is 11.8 Å². The van der Waals surface area contributed by atoms with E-state index in [1.54, 1.807) is 24.5 Å². The number of methoxy groups -OCH3 is 1. The number of fused-ring (bicyclic) bond motifs is 1. The molecule has 3 aliphatic rings. The Bertz CT molecular complexity index is 932. The molecule has 3 fully saturated rings. The second-order valence-electron chi connectivity index (χ2n) is 8.71. The number of nitrogens with zero attached hydrogens (tertiary/aromatic N) is 3. The third-order valence-electron chi connectivity index (χ3n) is 6.62. The Morgan fingerprint density at radius 2 is 1.93 bits per heavy atom. The van der Waals surface area contributed by atoms with Crippen molar-refractivity contribution in [2.75, 3.05) is 25.1 Å². The molecule has 2 heterocycles. The van der Waals surface area contributed by atoms with E-state index in [4.69, 9.17) is 9.47 Å². The molecule has 7 nitrogen and oxygen atoms in total. The Balaban J connectivity index is 1.26. The molecule has 4 atom stereocenters. The van der Waals surface area contributed by atoms with Crippen molar-refractivity contribution in [1.82, 2.24) is 9.97 Å². The van der Waals surface area contributed by atoms with Gasteiger partial charge in [-0.15, -0.1) is 0 Å². The third kappa shape index (κ3) is 3.86. The van der Waals surface area contributed by atoms with E-state index in [2.05, 4.69) is 20.9 Å². The maximum absolute atomic E-state index is 11.8. The van der Waals surface area contributed by atoms with Crippen LogP contribution in [0.15, 0.2) is 36.7 Å². The molecule has 0 unspecified atom stereocenters. The van der Waals surface area contributed by atoms with E-state index in [1.807, 2.05) is 6.07 Å². The quantitative estimate of drug-likeness (QED) is 0.760. The average molecular weight is 409 g/mol. The first-order valence-electron chi connectivity index (χ1n) is 10.7. The van der Waals surface area contributed by atoms with Crippen LogP contribution in [0.1, 0.15) is 47.7 Å². The first-order valence-corrected chi connectivity index (χ1v) is 10.7. The van der Waals surface area contributed by atoms with Crippen LogP contribution >= 0.6 is 0 Å². The van der Waals surface area contributed by atoms with Crippen LogP contribution in [0.4, 0.5) is 5.82 Å². The molecule has 0 spiro atoms. The summed E-state index contributed by atoms with van der Waals surface area (Å²) in [6, 6.07) is 9.08. The maximum Gasteiger partial charge on any atom is 0.337 e. The molecule has 2 aromatic rings. The third-order valence-corrected chi connectivity index (χ3v) is 6.62. The Hall–Kier alpha value is -2.67. The number of hydrogen-bond acceptors (Lipinski definition) is 7. The first kappa shape index (κ1) is 19.3. The highest BCUT2D eigenvalue weighted by Crippen LogP contribution is 2.42. The fourth-order valence-corrected chi connectivity index (χ4v) is 4.83. The van der Waals surface area contributed by atoms with Gasteiger partial charge < -0.3 is 19.5 Å². The average Bonchev–Trinajstić information content (AvgIpc) is 3.54. The minimum Gasteiger partial charge on any atom is -0.488 e. The summed E-state index contributed by atoms with van der Waals surface area (Å²) in [6.45, 7) is 1.83. The van der Waals surface area contributed by atoms with E-state index in [0.717, 1.165) is 31.0 Å². The lowest BCUT2D eigenvalue weighted by Crippen LogP contribution is -2.42. The minimum absolute atomic E-state index is 0.286. The van der Waals surface area contributed by atoms with Gasteiger partial charge in [0.2, 0.25) is 0 Å². The SMILES string of the molecule is COC(=O)c1cccc(O[C@@H]2C[C@@H]3CN(c4cc(C5CC5)ncn4)C[C@@H]3C[C@H]2O)c1. The van der Waals surface area contributed by atoms with Crippen LogP contribution in [-0.2, 0) is 4.74 Å². The second-order valence-corrected chi connectivity index (χ2v) is 8.71. The lowest BCUT2D eigenvalue weighted by Gasteiger charge is -2.35. The van der Waals surface area contributed by atoms with Crippen molar-refractivity contribution in [2.45, 2.75) is 43.8 Å². The molecule has 1 aromatic carbocycles. The summed E-state index contributed by atoms with van der Waals surface area (Å²) < 4.78 is 10.9. The van der Waals surface area contributed by atoms with Crippen molar-refractivity contribution in [3.8, 4) is 5.75 Å². The predicted molar refractivity (Wildman–Crippen MR) is 111 cm³/mol. The zero-order valence-corrected chi connectivity index (χ0v) is 17.1. The van der Waals surface area contributed by atoms with Crippen LogP contribution in [0, 0.1) is 11.8 Å². The normalized spacial score (nSPS) is 28.1. The highest BCUT2D eigenvalue weighted by molar-refractivity contribution is 5.89. The topological polar surface area (TPSA) is 84.8 Å². The number of carbonyl (C=O) groups is 1. The first-order chi connectivity index (χ1) is 14.6. The summed E-state index contributed by atoms with van der Waals surface area (Å²) in [6.07, 6.45) is 4.81. The van der Waals surface area contributed by atoms with Crippen LogP contribution in [0.5, 0.6) is 5.75 Å². The molecule has 2 aliphatic carbocycles. The maximum atomic E-state index is 11.8. The van der Waals surface area contributed by atoms with E-state index in [1.165, 1.54) is 20.0 Å². The molecular weight excluding hydrogens is 382 g/mol. The molecule has 30 heavy (non-hydrogen) atoms. The fraction of sp³-hybridized carbons (Fsp3) is 0.522. The molecule has 7 heteroatoms. The fourth-order valence-electron chi connectivity index (χ4n) is 4.83. The molecule has 1 N–H and O–H groups in total. The second kappa shape index (κ2) is 7.87. The van der Waals surface area contributed by atoms with Crippen molar-refractivity contribution in [2.24, 2.45) is 11.8 Å². The number of aliphatic hydroxyl groups is 1. The summed E-state index contributed by atoms with van der Waals surface area (Å²) in [5.41, 5.74) is 1.60. The van der Waals surface area contributed by atoms with E-state index >= 15 is 0 Å². The molecular formula is C23H27N3O4. The Morgan fingerprint density at radius 3 is 2.70 bits per heavy atom. The Labute approximate surface area is 176 Å². The summed E-state index contributed by atoms with van der Waals surface area (Å²) in [5.74, 6) is 2.67. The molecule has 0 radical (unpaired) electrons. The summed E-state index contributed by atoms with van der Waals surface area (Å²) in [4.78, 5) is 23.0. The predicted octanol–water partition coefficient (Wildman–Crippen LogP) is 2.80. The number of anilines is 1. The Kier molecular flexibility index (Phi) is 5.06. The monoisotopic (exact) mass is 409 g/mol. The van der Waals surface area contributed by atoms with Crippen molar-refractivity contribution in [3.05, 3.63) is 47.9 Å². The largest absolute Gasteiger partial charge is 0.488 e. The smallest absolute Gasteiger partial charge is 0.337 e. The van der Waals surface area contributed by atoms with Gasteiger partial charge in [-0.05, 0) is 55.7 Å². The van der Waals surface area contributed by atoms with Gasteiger partial charge in [0.15, 0.2) is 0 Å². The molecule has 0 amide bonds. The van der Waals surface area contributed by atoms with Gasteiger partial charge in [0.05, 0.1) is 18.8 Å². The van der Waals surface area contributed by atoms with Gasteiger partial charge in [-0.25, -0.2) is 14.8 Å². The summed E-state index contributed by atoms with van der Waals surface area (Å²) in [7, 11) is 1.36. The number of aromatic nitrogens is 2. The zero-order chi connectivity index (χ0) is 20.7. The van der Waals surface area contributed by atoms with E-state index in [-0.39, 0.29) is 6.10 Å². The van der Waals surface area contributed by atoms with Crippen molar-refractivity contribution in [3.63, 3.8) is 0 Å². The summed E-state index contributed by atoms with van der Waals surface area (Å²) in [5, 5.41) is 10.7. The van der Waals surface area contributed by atoms with E-state index in [0.29, 0.717) is 35.5 Å². The minimum atomic E-state index is -0.527. The number of aliphatic hydroxyl groups excluding tert-OH is 1. The van der Waals surface area contributed by atoms with Crippen LogP contribution in [0.25, 0.3) is 0 Å². The van der Waals surface area contributed by atoms with Crippen LogP contribution in [0.3, 0.4) is 0 Å². The number of esters is 1. The number of carbonyl (C=O) groups excluding carboxylic acids is 1. The van der Waals surface area contributed by atoms with Gasteiger partial charge in [0.25, 0.3) is 0 Å². The Morgan fingerprint density at radius 1 is 1.13 bits per heavy atom. The van der Waals surface area contributed by atoms with Crippen LogP contribution in [-0.4, -0.2) is 53.5 Å². The molecule has 1 aromatic heterocycles. The van der Waals surface area contributed by atoms with Crippen LogP contribution in [0.2, 0.25) is 0 Å². The van der Waals surface area contributed by atoms with Gasteiger partial charge in [0, 0.05) is 30.8 Å².